The summed E-state index contributed by atoms with van der Waals surface area (Å²) in [6.07, 6.45) is 0.988. The van der Waals surface area contributed by atoms with Crippen molar-refractivity contribution in [2.24, 2.45) is 0 Å². The number of nitrogens with zero attached hydrogens (tertiary/aromatic N) is 5. The van der Waals surface area contributed by atoms with Gasteiger partial charge in [0.05, 0.1) is 11.7 Å². The topological polar surface area (TPSA) is 65.3 Å². The fourth-order valence-electron chi connectivity index (χ4n) is 4.14. The second kappa shape index (κ2) is 6.31. The van der Waals surface area contributed by atoms with Crippen molar-refractivity contribution >= 4 is 0 Å². The molecular formula is C21H23N5O2. The van der Waals surface area contributed by atoms with Crippen LogP contribution in [-0.2, 0) is 6.42 Å². The Balaban J connectivity index is 1.63. The Labute approximate surface area is 163 Å². The Morgan fingerprint density at radius 2 is 1.82 bits per heavy atom. The van der Waals surface area contributed by atoms with Gasteiger partial charge < -0.3 is 9.47 Å². The second-order valence-corrected chi connectivity index (χ2v) is 7.98. The first-order valence-corrected chi connectivity index (χ1v) is 9.54. The number of ether oxygens (including phenoxy) is 2. The Kier molecular flexibility index (Phi) is 3.87. The molecule has 3 aromatic rings. The van der Waals surface area contributed by atoms with Gasteiger partial charge in [-0.2, -0.15) is 4.68 Å². The minimum atomic E-state index is -0.0387. The van der Waals surface area contributed by atoms with Crippen LogP contribution >= 0.6 is 0 Å². The summed E-state index contributed by atoms with van der Waals surface area (Å²) in [6, 6.07) is 14.3. The average molecular weight is 377 g/mol. The highest BCUT2D eigenvalue weighted by Gasteiger charge is 2.40. The normalized spacial score (nSPS) is 20.6. The van der Waals surface area contributed by atoms with Crippen molar-refractivity contribution in [3.8, 4) is 17.2 Å². The molecule has 2 aliphatic heterocycles. The standard InChI is InChI=1S/C21H23N5O2/c1-21(2)13-14-6-4-5-7-16(14)19(25(21)3)20-22-23-24-26(20)15-8-9-17-18(12-15)28-11-10-27-17/h4-9,12,19H,10-11,13H2,1-3H3/t19-/m0/s1. The van der Waals surface area contributed by atoms with E-state index in [-0.39, 0.29) is 11.6 Å². The molecule has 0 saturated heterocycles. The Bertz CT molecular complexity index is 1030. The second-order valence-electron chi connectivity index (χ2n) is 7.98. The highest BCUT2D eigenvalue weighted by Crippen LogP contribution is 2.41. The smallest absolute Gasteiger partial charge is 0.178 e. The van der Waals surface area contributed by atoms with E-state index in [1.54, 1.807) is 4.68 Å². The van der Waals surface area contributed by atoms with Gasteiger partial charge in [0.25, 0.3) is 0 Å². The van der Waals surface area contributed by atoms with Crippen molar-refractivity contribution in [2.75, 3.05) is 20.3 Å². The maximum absolute atomic E-state index is 5.74. The van der Waals surface area contributed by atoms with Gasteiger partial charge >= 0.3 is 0 Å². The lowest BCUT2D eigenvalue weighted by molar-refractivity contribution is 0.0993. The number of hydrogen-bond donors (Lipinski definition) is 0. The van der Waals surface area contributed by atoms with Crippen LogP contribution in [0.4, 0.5) is 0 Å². The lowest BCUT2D eigenvalue weighted by atomic mass is 9.81. The summed E-state index contributed by atoms with van der Waals surface area (Å²) in [4.78, 5) is 2.36. The molecule has 5 rings (SSSR count). The van der Waals surface area contributed by atoms with E-state index in [2.05, 4.69) is 65.6 Å². The average Bonchev–Trinajstić information content (AvgIpc) is 3.17. The molecule has 0 saturated carbocycles. The number of fused-ring (bicyclic) bond motifs is 2. The fourth-order valence-corrected chi connectivity index (χ4v) is 4.14. The van der Waals surface area contributed by atoms with Gasteiger partial charge in [-0.05, 0) is 61.0 Å². The highest BCUT2D eigenvalue weighted by atomic mass is 16.6. The summed E-state index contributed by atoms with van der Waals surface area (Å²) < 4.78 is 13.2. The first-order valence-electron chi connectivity index (χ1n) is 9.54. The van der Waals surface area contributed by atoms with Crippen molar-refractivity contribution in [2.45, 2.75) is 31.8 Å². The number of tetrazole rings is 1. The lowest BCUT2D eigenvalue weighted by Gasteiger charge is -2.45. The largest absolute Gasteiger partial charge is 0.486 e. The molecule has 0 unspecified atom stereocenters. The molecular weight excluding hydrogens is 354 g/mol. The zero-order valence-electron chi connectivity index (χ0n) is 16.3. The number of aromatic nitrogens is 4. The highest BCUT2D eigenvalue weighted by molar-refractivity contribution is 5.50. The van der Waals surface area contributed by atoms with Gasteiger partial charge in [0.2, 0.25) is 0 Å². The van der Waals surface area contributed by atoms with E-state index in [4.69, 9.17) is 9.47 Å². The molecule has 0 amide bonds. The molecule has 1 aromatic heterocycles. The summed E-state index contributed by atoms with van der Waals surface area (Å²) in [5.74, 6) is 2.27. The van der Waals surface area contributed by atoms with Crippen LogP contribution in [0, 0.1) is 0 Å². The minimum Gasteiger partial charge on any atom is -0.486 e. The SMILES string of the molecule is CN1[C@H](c2nnnn2-c2ccc3c(c2)OCCO3)c2ccccc2CC1(C)C. The third-order valence-electron chi connectivity index (χ3n) is 5.82. The number of hydrogen-bond acceptors (Lipinski definition) is 6. The predicted molar refractivity (Wildman–Crippen MR) is 104 cm³/mol. The molecule has 0 fully saturated rings. The Morgan fingerprint density at radius 1 is 1.04 bits per heavy atom. The zero-order chi connectivity index (χ0) is 19.3. The lowest BCUT2D eigenvalue weighted by Crippen LogP contribution is -2.49. The summed E-state index contributed by atoms with van der Waals surface area (Å²) in [5, 5.41) is 12.7. The van der Waals surface area contributed by atoms with Gasteiger partial charge in [-0.15, -0.1) is 5.10 Å². The van der Waals surface area contributed by atoms with Crippen LogP contribution in [0.2, 0.25) is 0 Å². The van der Waals surface area contributed by atoms with Crippen molar-refractivity contribution in [3.05, 3.63) is 59.4 Å². The molecule has 7 heteroatoms. The van der Waals surface area contributed by atoms with E-state index in [9.17, 15) is 0 Å². The van der Waals surface area contributed by atoms with E-state index >= 15 is 0 Å². The van der Waals surface area contributed by atoms with Crippen molar-refractivity contribution in [1.29, 1.82) is 0 Å². The molecule has 0 radical (unpaired) electrons. The molecule has 144 valence electrons. The summed E-state index contributed by atoms with van der Waals surface area (Å²) in [5.41, 5.74) is 3.44. The first-order chi connectivity index (χ1) is 13.5. The van der Waals surface area contributed by atoms with Crippen LogP contribution in [0.1, 0.15) is 36.8 Å². The van der Waals surface area contributed by atoms with Crippen molar-refractivity contribution < 1.29 is 9.47 Å². The molecule has 3 heterocycles. The Morgan fingerprint density at radius 3 is 2.68 bits per heavy atom. The van der Waals surface area contributed by atoms with Crippen LogP contribution in [-0.4, -0.2) is 50.9 Å². The number of benzene rings is 2. The van der Waals surface area contributed by atoms with Gasteiger partial charge in [-0.3, -0.25) is 4.90 Å². The van der Waals surface area contributed by atoms with Crippen LogP contribution in [0.5, 0.6) is 11.5 Å². The molecule has 1 atom stereocenters. The van der Waals surface area contributed by atoms with E-state index in [0.717, 1.165) is 29.4 Å². The fraction of sp³-hybridized carbons (Fsp3) is 0.381. The van der Waals surface area contributed by atoms with Gasteiger partial charge in [0.15, 0.2) is 17.3 Å². The van der Waals surface area contributed by atoms with E-state index in [0.29, 0.717) is 13.2 Å². The number of rotatable bonds is 2. The monoisotopic (exact) mass is 377 g/mol. The minimum absolute atomic E-state index is 0.0113. The van der Waals surface area contributed by atoms with Gasteiger partial charge in [-0.25, -0.2) is 0 Å². The first kappa shape index (κ1) is 17.2. The van der Waals surface area contributed by atoms with Crippen LogP contribution < -0.4 is 9.47 Å². The number of likely N-dealkylation sites (N-methyl/N-ethyl adjacent to an activating group) is 1. The molecule has 2 aromatic carbocycles. The zero-order valence-corrected chi connectivity index (χ0v) is 16.3. The van der Waals surface area contributed by atoms with Crippen molar-refractivity contribution in [1.82, 2.24) is 25.1 Å². The molecule has 28 heavy (non-hydrogen) atoms. The van der Waals surface area contributed by atoms with E-state index in [1.807, 2.05) is 18.2 Å². The molecule has 0 spiro atoms. The molecule has 2 aliphatic rings. The van der Waals surface area contributed by atoms with Crippen LogP contribution in [0.25, 0.3) is 5.69 Å². The maximum Gasteiger partial charge on any atom is 0.178 e. The van der Waals surface area contributed by atoms with E-state index in [1.165, 1.54) is 11.1 Å². The quantitative estimate of drug-likeness (QED) is 0.684. The summed E-state index contributed by atoms with van der Waals surface area (Å²) >= 11 is 0. The van der Waals surface area contributed by atoms with Gasteiger partial charge in [-0.1, -0.05) is 24.3 Å². The predicted octanol–water partition coefficient (Wildman–Crippen LogP) is 2.79. The summed E-state index contributed by atoms with van der Waals surface area (Å²) in [6.45, 7) is 5.63. The van der Waals surface area contributed by atoms with Gasteiger partial charge in [0, 0.05) is 11.6 Å². The van der Waals surface area contributed by atoms with Crippen LogP contribution in [0.15, 0.2) is 42.5 Å². The van der Waals surface area contributed by atoms with Gasteiger partial charge in [0.1, 0.15) is 13.2 Å². The third kappa shape index (κ3) is 2.65. The molecule has 0 N–H and O–H groups in total. The Hall–Kier alpha value is -2.93. The van der Waals surface area contributed by atoms with Crippen LogP contribution in [0.3, 0.4) is 0 Å². The third-order valence-corrected chi connectivity index (χ3v) is 5.82. The molecule has 0 bridgehead atoms. The maximum atomic E-state index is 5.74. The van der Waals surface area contributed by atoms with Crippen molar-refractivity contribution in [3.63, 3.8) is 0 Å². The van der Waals surface area contributed by atoms with E-state index < -0.39 is 0 Å². The molecule has 7 nitrogen and oxygen atoms in total. The molecule has 0 aliphatic carbocycles. The summed E-state index contributed by atoms with van der Waals surface area (Å²) in [7, 11) is 2.14.